The van der Waals surface area contributed by atoms with Crippen LogP contribution in [0.25, 0.3) is 11.0 Å². The van der Waals surface area contributed by atoms with Crippen molar-refractivity contribution < 1.29 is 14.3 Å². The van der Waals surface area contributed by atoms with Crippen molar-refractivity contribution in [2.75, 3.05) is 31.2 Å². The van der Waals surface area contributed by atoms with Gasteiger partial charge in [0, 0.05) is 32.1 Å². The zero-order valence-corrected chi connectivity index (χ0v) is 15.3. The van der Waals surface area contributed by atoms with Gasteiger partial charge in [0.05, 0.1) is 30.7 Å². The number of fused-ring (bicyclic) bond motifs is 2. The van der Waals surface area contributed by atoms with Gasteiger partial charge in [-0.15, -0.1) is 0 Å². The second-order valence-electron chi connectivity index (χ2n) is 7.59. The molecule has 3 aliphatic heterocycles. The Kier molecular flexibility index (Phi) is 4.35. The maximum absolute atomic E-state index is 12.8. The molecule has 0 aromatic carbocycles. The van der Waals surface area contributed by atoms with Crippen molar-refractivity contribution in [2.24, 2.45) is 0 Å². The lowest BCUT2D eigenvalue weighted by molar-refractivity contribution is -0.0172. The second-order valence-corrected chi connectivity index (χ2v) is 7.59. The Balaban J connectivity index is 1.34. The lowest BCUT2D eigenvalue weighted by Crippen LogP contribution is -2.53. The Morgan fingerprint density at radius 2 is 2.04 bits per heavy atom. The molecule has 144 valence electrons. The molecule has 0 aliphatic carbocycles. The number of piperidine rings is 1. The van der Waals surface area contributed by atoms with Crippen LogP contribution in [0.1, 0.15) is 32.1 Å². The SMILES string of the molecule is O=C(OC1CCOCC1)N1CCCC2C1CCN2c1ncnc2[nH]ccc12. The number of likely N-dealkylation sites (tertiary alicyclic amines) is 1. The number of amides is 1. The van der Waals surface area contributed by atoms with Gasteiger partial charge in [-0.25, -0.2) is 14.8 Å². The second kappa shape index (κ2) is 6.99. The number of hydrogen-bond acceptors (Lipinski definition) is 6. The molecule has 2 aromatic heterocycles. The van der Waals surface area contributed by atoms with E-state index in [2.05, 4.69) is 19.9 Å². The number of rotatable bonds is 2. The standard InChI is InChI=1S/C19H25N5O3/c25-19(27-13-5-10-26-11-6-13)24-8-1-2-15-16(24)4-9-23(15)18-14-3-7-20-17(14)21-12-22-18/h3,7,12-13,15-16H,1-2,4-6,8-11H2,(H,20,21,22). The quantitative estimate of drug-likeness (QED) is 0.872. The smallest absolute Gasteiger partial charge is 0.410 e. The summed E-state index contributed by atoms with van der Waals surface area (Å²) in [7, 11) is 0. The minimum Gasteiger partial charge on any atom is -0.446 e. The van der Waals surface area contributed by atoms with Crippen LogP contribution in [0.5, 0.6) is 0 Å². The van der Waals surface area contributed by atoms with Crippen LogP contribution in [-0.4, -0.2) is 70.4 Å². The van der Waals surface area contributed by atoms with Crippen molar-refractivity contribution in [3.63, 3.8) is 0 Å². The minimum atomic E-state index is -0.159. The van der Waals surface area contributed by atoms with Crippen LogP contribution >= 0.6 is 0 Å². The summed E-state index contributed by atoms with van der Waals surface area (Å²) in [6.07, 6.45) is 7.94. The van der Waals surface area contributed by atoms with Crippen LogP contribution in [-0.2, 0) is 9.47 Å². The first-order chi connectivity index (χ1) is 13.3. The minimum absolute atomic E-state index is 0.00882. The Labute approximate surface area is 157 Å². The van der Waals surface area contributed by atoms with Crippen LogP contribution in [0.15, 0.2) is 18.6 Å². The molecule has 3 fully saturated rings. The largest absolute Gasteiger partial charge is 0.446 e. The zero-order valence-electron chi connectivity index (χ0n) is 15.3. The number of carbonyl (C=O) groups excluding carboxylic acids is 1. The van der Waals surface area contributed by atoms with E-state index >= 15 is 0 Å². The third kappa shape index (κ3) is 3.01. The molecule has 2 atom stereocenters. The number of nitrogens with zero attached hydrogens (tertiary/aromatic N) is 4. The van der Waals surface area contributed by atoms with Gasteiger partial charge in [0.1, 0.15) is 23.9 Å². The Morgan fingerprint density at radius 3 is 2.93 bits per heavy atom. The van der Waals surface area contributed by atoms with Gasteiger partial charge in [0.25, 0.3) is 0 Å². The normalized spacial score (nSPS) is 26.4. The van der Waals surface area contributed by atoms with Gasteiger partial charge >= 0.3 is 6.09 Å². The molecular formula is C19H25N5O3. The molecule has 5 heterocycles. The first-order valence-electron chi connectivity index (χ1n) is 9.91. The summed E-state index contributed by atoms with van der Waals surface area (Å²) in [6, 6.07) is 2.50. The molecule has 1 N–H and O–H groups in total. The van der Waals surface area contributed by atoms with Gasteiger partial charge in [-0.3, -0.25) is 0 Å². The highest BCUT2D eigenvalue weighted by molar-refractivity contribution is 5.87. The van der Waals surface area contributed by atoms with Crippen LogP contribution in [0, 0.1) is 0 Å². The van der Waals surface area contributed by atoms with Crippen molar-refractivity contribution >= 4 is 22.9 Å². The lowest BCUT2D eigenvalue weighted by Gasteiger charge is -2.40. The third-order valence-corrected chi connectivity index (χ3v) is 6.08. The van der Waals surface area contributed by atoms with E-state index in [1.165, 1.54) is 0 Å². The molecule has 3 saturated heterocycles. The summed E-state index contributed by atoms with van der Waals surface area (Å²) < 4.78 is 11.2. The van der Waals surface area contributed by atoms with Crippen molar-refractivity contribution in [2.45, 2.75) is 50.3 Å². The average molecular weight is 371 g/mol. The van der Waals surface area contributed by atoms with E-state index in [1.807, 2.05) is 17.2 Å². The van der Waals surface area contributed by atoms with Gasteiger partial charge < -0.3 is 24.3 Å². The van der Waals surface area contributed by atoms with E-state index in [-0.39, 0.29) is 24.3 Å². The molecule has 8 nitrogen and oxygen atoms in total. The summed E-state index contributed by atoms with van der Waals surface area (Å²) in [5.41, 5.74) is 0.857. The first kappa shape index (κ1) is 16.8. The van der Waals surface area contributed by atoms with E-state index in [4.69, 9.17) is 9.47 Å². The van der Waals surface area contributed by atoms with Crippen LogP contribution in [0.4, 0.5) is 10.6 Å². The number of carbonyl (C=O) groups is 1. The van der Waals surface area contributed by atoms with E-state index in [9.17, 15) is 4.79 Å². The van der Waals surface area contributed by atoms with Crippen molar-refractivity contribution in [3.05, 3.63) is 18.6 Å². The highest BCUT2D eigenvalue weighted by atomic mass is 16.6. The maximum Gasteiger partial charge on any atom is 0.410 e. The molecule has 8 heteroatoms. The fourth-order valence-electron chi connectivity index (χ4n) is 4.77. The zero-order chi connectivity index (χ0) is 18.2. The molecule has 0 bridgehead atoms. The number of aromatic amines is 1. The summed E-state index contributed by atoms with van der Waals surface area (Å²) >= 11 is 0. The number of ether oxygens (including phenoxy) is 2. The Hall–Kier alpha value is -2.35. The van der Waals surface area contributed by atoms with Crippen molar-refractivity contribution in [3.8, 4) is 0 Å². The van der Waals surface area contributed by atoms with Crippen LogP contribution < -0.4 is 4.90 Å². The maximum atomic E-state index is 12.8. The molecule has 3 aliphatic rings. The first-order valence-corrected chi connectivity index (χ1v) is 9.91. The molecular weight excluding hydrogens is 346 g/mol. The Bertz CT molecular complexity index is 819. The van der Waals surface area contributed by atoms with Crippen molar-refractivity contribution in [1.29, 1.82) is 0 Å². The number of hydrogen-bond donors (Lipinski definition) is 1. The number of aromatic nitrogens is 3. The predicted molar refractivity (Wildman–Crippen MR) is 99.7 cm³/mol. The highest BCUT2D eigenvalue weighted by Gasteiger charge is 2.44. The number of H-pyrrole nitrogens is 1. The van der Waals surface area contributed by atoms with Gasteiger partial charge in [-0.1, -0.05) is 0 Å². The molecule has 1 amide bonds. The monoisotopic (exact) mass is 371 g/mol. The molecule has 0 radical (unpaired) electrons. The summed E-state index contributed by atoms with van der Waals surface area (Å²) in [5.74, 6) is 0.966. The molecule has 0 saturated carbocycles. The van der Waals surface area contributed by atoms with Gasteiger partial charge in [-0.05, 0) is 25.3 Å². The fraction of sp³-hybridized carbons (Fsp3) is 0.632. The number of nitrogens with one attached hydrogen (secondary N) is 1. The predicted octanol–water partition coefficient (Wildman–Crippen LogP) is 2.32. The van der Waals surface area contributed by atoms with E-state index < -0.39 is 0 Å². The van der Waals surface area contributed by atoms with Crippen LogP contribution in [0.3, 0.4) is 0 Å². The fourth-order valence-corrected chi connectivity index (χ4v) is 4.77. The van der Waals surface area contributed by atoms with E-state index in [0.717, 1.165) is 62.0 Å². The molecule has 2 aromatic rings. The topological polar surface area (TPSA) is 83.6 Å². The van der Waals surface area contributed by atoms with Gasteiger partial charge in [-0.2, -0.15) is 0 Å². The number of anilines is 1. The highest BCUT2D eigenvalue weighted by Crippen LogP contribution is 2.36. The summed E-state index contributed by atoms with van der Waals surface area (Å²) in [5, 5.41) is 1.04. The molecule has 2 unspecified atom stereocenters. The van der Waals surface area contributed by atoms with Gasteiger partial charge in [0.2, 0.25) is 0 Å². The lowest BCUT2D eigenvalue weighted by atomic mass is 9.97. The summed E-state index contributed by atoms with van der Waals surface area (Å²) in [6.45, 7) is 3.03. The van der Waals surface area contributed by atoms with E-state index in [1.54, 1.807) is 6.33 Å². The van der Waals surface area contributed by atoms with Gasteiger partial charge in [0.15, 0.2) is 0 Å². The van der Waals surface area contributed by atoms with E-state index in [0.29, 0.717) is 13.2 Å². The van der Waals surface area contributed by atoms with Crippen molar-refractivity contribution in [1.82, 2.24) is 19.9 Å². The molecule has 27 heavy (non-hydrogen) atoms. The Morgan fingerprint density at radius 1 is 1.15 bits per heavy atom. The summed E-state index contributed by atoms with van der Waals surface area (Å²) in [4.78, 5) is 29.2. The molecule has 0 spiro atoms. The third-order valence-electron chi connectivity index (χ3n) is 6.08. The van der Waals surface area contributed by atoms with Crippen LogP contribution in [0.2, 0.25) is 0 Å². The molecule has 5 rings (SSSR count). The average Bonchev–Trinajstić information content (AvgIpc) is 3.35.